The molecule has 7 nitrogen and oxygen atoms in total. The average molecular weight is 381 g/mol. The number of para-hydroxylation sites is 1. The van der Waals surface area contributed by atoms with E-state index in [0.29, 0.717) is 41.2 Å². The molecule has 0 spiro atoms. The van der Waals surface area contributed by atoms with Crippen molar-refractivity contribution in [3.8, 4) is 22.6 Å². The second-order valence-corrected chi connectivity index (χ2v) is 7.04. The Balaban J connectivity index is 1.94. The molecule has 1 fully saturated rings. The standard InChI is InChI=1S/C20H16FN3O4/c21-13-9-24-18-15(7-12(19(24)25)20(26)27)28-14-4-2-1-3-11(14)16(18)17(13)23-6-5-10(22)8-23/h1-4,7,9-10H,5-6,8,22H2,(H,26,27). The Bertz CT molecular complexity index is 1220. The van der Waals surface area contributed by atoms with Crippen LogP contribution in [-0.4, -0.2) is 34.6 Å². The number of hydrogen-bond acceptors (Lipinski definition) is 5. The maximum Gasteiger partial charge on any atom is 0.341 e. The van der Waals surface area contributed by atoms with Gasteiger partial charge in [0.05, 0.1) is 11.9 Å². The highest BCUT2D eigenvalue weighted by molar-refractivity contribution is 6.00. The molecule has 2 aliphatic rings. The van der Waals surface area contributed by atoms with Crippen molar-refractivity contribution in [1.29, 1.82) is 0 Å². The van der Waals surface area contributed by atoms with E-state index in [-0.39, 0.29) is 11.8 Å². The van der Waals surface area contributed by atoms with Crippen LogP contribution in [0.4, 0.5) is 10.1 Å². The Morgan fingerprint density at radius 2 is 2.07 bits per heavy atom. The maximum atomic E-state index is 15.3. The fourth-order valence-electron chi connectivity index (χ4n) is 4.05. The molecule has 0 bridgehead atoms. The number of anilines is 1. The van der Waals surface area contributed by atoms with E-state index in [2.05, 4.69) is 0 Å². The zero-order chi connectivity index (χ0) is 19.6. The minimum Gasteiger partial charge on any atom is -0.477 e. The van der Waals surface area contributed by atoms with Crippen LogP contribution >= 0.6 is 0 Å². The Morgan fingerprint density at radius 3 is 2.79 bits per heavy atom. The Kier molecular flexibility index (Phi) is 3.47. The second kappa shape index (κ2) is 5.80. The van der Waals surface area contributed by atoms with Gasteiger partial charge in [-0.25, -0.2) is 9.18 Å². The first kappa shape index (κ1) is 16.8. The number of nitrogens with zero attached hydrogens (tertiary/aromatic N) is 2. The van der Waals surface area contributed by atoms with E-state index < -0.39 is 22.9 Å². The number of carbonyl (C=O) groups is 1. The fraction of sp³-hybridized carbons (Fsp3) is 0.200. The topological polar surface area (TPSA) is 97.3 Å². The van der Waals surface area contributed by atoms with Gasteiger partial charge in [-0.2, -0.15) is 0 Å². The van der Waals surface area contributed by atoms with Gasteiger partial charge in [0.25, 0.3) is 5.56 Å². The summed E-state index contributed by atoms with van der Waals surface area (Å²) in [6.45, 7) is 1.09. The lowest BCUT2D eigenvalue weighted by molar-refractivity contribution is 0.0694. The van der Waals surface area contributed by atoms with Crippen molar-refractivity contribution in [2.45, 2.75) is 12.5 Å². The third-order valence-corrected chi connectivity index (χ3v) is 5.29. The van der Waals surface area contributed by atoms with Crippen molar-refractivity contribution in [1.82, 2.24) is 4.40 Å². The SMILES string of the molecule is NC1CCN(c2c(F)cn3c(=O)c(C(=O)O)cc4c3c2-c2ccccc2O4)C1. The molecule has 28 heavy (non-hydrogen) atoms. The van der Waals surface area contributed by atoms with Crippen molar-refractivity contribution in [3.05, 3.63) is 58.3 Å². The van der Waals surface area contributed by atoms with Crippen LogP contribution in [-0.2, 0) is 0 Å². The van der Waals surface area contributed by atoms with Crippen molar-refractivity contribution in [3.63, 3.8) is 0 Å². The molecule has 1 aromatic carbocycles. The van der Waals surface area contributed by atoms with E-state index in [4.69, 9.17) is 10.5 Å². The van der Waals surface area contributed by atoms with Gasteiger partial charge in [-0.1, -0.05) is 18.2 Å². The predicted molar refractivity (Wildman–Crippen MR) is 101 cm³/mol. The van der Waals surface area contributed by atoms with E-state index in [1.54, 1.807) is 24.3 Å². The molecule has 1 atom stereocenters. The first-order valence-corrected chi connectivity index (χ1v) is 8.88. The molecule has 0 amide bonds. The van der Waals surface area contributed by atoms with Gasteiger partial charge in [-0.15, -0.1) is 0 Å². The number of carboxylic acids is 1. The smallest absolute Gasteiger partial charge is 0.341 e. The summed E-state index contributed by atoms with van der Waals surface area (Å²) >= 11 is 0. The number of benzene rings is 1. The molecule has 5 rings (SSSR count). The number of ether oxygens (including phenoxy) is 1. The fourth-order valence-corrected chi connectivity index (χ4v) is 4.05. The number of halogens is 1. The molecule has 1 saturated heterocycles. The number of aromatic nitrogens is 1. The van der Waals surface area contributed by atoms with Crippen LogP contribution in [0.2, 0.25) is 0 Å². The molecule has 4 heterocycles. The quantitative estimate of drug-likeness (QED) is 0.554. The third-order valence-electron chi connectivity index (χ3n) is 5.29. The Hall–Kier alpha value is -3.39. The van der Waals surface area contributed by atoms with Crippen molar-refractivity contribution in [2.24, 2.45) is 5.73 Å². The van der Waals surface area contributed by atoms with E-state index in [0.717, 1.165) is 17.0 Å². The van der Waals surface area contributed by atoms with Crippen molar-refractivity contribution < 1.29 is 19.0 Å². The zero-order valence-electron chi connectivity index (χ0n) is 14.7. The van der Waals surface area contributed by atoms with Gasteiger partial charge < -0.3 is 20.5 Å². The monoisotopic (exact) mass is 381 g/mol. The molecule has 0 saturated carbocycles. The molecular formula is C20H16FN3O4. The van der Waals surface area contributed by atoms with Crippen LogP contribution < -0.4 is 20.9 Å². The van der Waals surface area contributed by atoms with Crippen LogP contribution in [0.5, 0.6) is 11.5 Å². The first-order chi connectivity index (χ1) is 13.5. The molecule has 8 heteroatoms. The summed E-state index contributed by atoms with van der Waals surface area (Å²) in [7, 11) is 0. The van der Waals surface area contributed by atoms with Crippen LogP contribution in [0.15, 0.2) is 41.3 Å². The lowest BCUT2D eigenvalue weighted by Crippen LogP contribution is -2.29. The number of hydrogen-bond donors (Lipinski definition) is 2. The average Bonchev–Trinajstić information content (AvgIpc) is 3.09. The van der Waals surface area contributed by atoms with Crippen molar-refractivity contribution >= 4 is 17.2 Å². The van der Waals surface area contributed by atoms with Gasteiger partial charge in [0.1, 0.15) is 16.8 Å². The lowest BCUT2D eigenvalue weighted by atomic mass is 9.97. The van der Waals surface area contributed by atoms with Crippen LogP contribution in [0.25, 0.3) is 16.6 Å². The predicted octanol–water partition coefficient (Wildman–Crippen LogP) is 2.45. The number of nitrogens with two attached hydrogens (primary N) is 1. The highest BCUT2D eigenvalue weighted by atomic mass is 19.1. The molecule has 142 valence electrons. The summed E-state index contributed by atoms with van der Waals surface area (Å²) in [4.78, 5) is 26.1. The zero-order valence-corrected chi connectivity index (χ0v) is 14.7. The molecular weight excluding hydrogens is 365 g/mol. The van der Waals surface area contributed by atoms with E-state index in [1.165, 1.54) is 6.07 Å². The number of aromatic carboxylic acids is 1. The normalized spacial score (nSPS) is 17.5. The lowest BCUT2D eigenvalue weighted by Gasteiger charge is -2.28. The largest absolute Gasteiger partial charge is 0.477 e. The number of rotatable bonds is 2. The molecule has 0 aliphatic carbocycles. The molecule has 2 aromatic heterocycles. The summed E-state index contributed by atoms with van der Waals surface area (Å²) in [6, 6.07) is 8.24. The van der Waals surface area contributed by atoms with Crippen LogP contribution in [0, 0.1) is 5.82 Å². The number of pyridine rings is 2. The minimum atomic E-state index is -1.39. The van der Waals surface area contributed by atoms with E-state index >= 15 is 4.39 Å². The summed E-state index contributed by atoms with van der Waals surface area (Å²) in [5.41, 5.74) is 6.60. The van der Waals surface area contributed by atoms with Crippen LogP contribution in [0.1, 0.15) is 16.8 Å². The summed E-state index contributed by atoms with van der Waals surface area (Å²) in [5, 5.41) is 9.37. The van der Waals surface area contributed by atoms with Gasteiger partial charge in [-0.05, 0) is 12.5 Å². The molecule has 3 aromatic rings. The Labute approximate surface area is 158 Å². The summed E-state index contributed by atoms with van der Waals surface area (Å²) in [5.74, 6) is -1.32. The second-order valence-electron chi connectivity index (χ2n) is 7.04. The third kappa shape index (κ3) is 2.24. The number of fused-ring (bicyclic) bond motifs is 2. The van der Waals surface area contributed by atoms with Gasteiger partial charge in [0.2, 0.25) is 0 Å². The number of carboxylic acid groups (broad SMARTS) is 1. The maximum absolute atomic E-state index is 15.3. The summed E-state index contributed by atoms with van der Waals surface area (Å²) in [6.07, 6.45) is 1.77. The molecule has 0 radical (unpaired) electrons. The Morgan fingerprint density at radius 1 is 1.29 bits per heavy atom. The first-order valence-electron chi connectivity index (χ1n) is 8.88. The van der Waals surface area contributed by atoms with Gasteiger partial charge >= 0.3 is 5.97 Å². The highest BCUT2D eigenvalue weighted by Gasteiger charge is 2.32. The van der Waals surface area contributed by atoms with Gasteiger partial charge in [-0.3, -0.25) is 9.20 Å². The molecule has 3 N–H and O–H groups in total. The van der Waals surface area contributed by atoms with E-state index in [9.17, 15) is 14.7 Å². The highest BCUT2D eigenvalue weighted by Crippen LogP contribution is 2.49. The van der Waals surface area contributed by atoms with Crippen LogP contribution in [0.3, 0.4) is 0 Å². The summed E-state index contributed by atoms with van der Waals surface area (Å²) < 4.78 is 22.2. The minimum absolute atomic E-state index is 0.0611. The molecule has 2 aliphatic heterocycles. The van der Waals surface area contributed by atoms with Gasteiger partial charge in [0.15, 0.2) is 11.6 Å². The molecule has 1 unspecified atom stereocenters. The van der Waals surface area contributed by atoms with Crippen molar-refractivity contribution in [2.75, 3.05) is 18.0 Å². The van der Waals surface area contributed by atoms with E-state index in [1.807, 2.05) is 4.90 Å². The van der Waals surface area contributed by atoms with Gasteiger partial charge in [0, 0.05) is 36.3 Å².